The SMILES string of the molecule is Cc1ccccc1OCC(=O)Nc1ccc2c(c1)N(C)C(=O)[C@@H](C)O2. The second kappa shape index (κ2) is 6.84. The molecule has 0 aliphatic carbocycles. The highest BCUT2D eigenvalue weighted by molar-refractivity contribution is 6.00. The summed E-state index contributed by atoms with van der Waals surface area (Å²) in [4.78, 5) is 25.7. The number of carbonyl (C=O) groups is 2. The second-order valence-electron chi connectivity index (χ2n) is 5.94. The number of para-hydroxylation sites is 1. The van der Waals surface area contributed by atoms with E-state index in [1.165, 1.54) is 4.90 Å². The van der Waals surface area contributed by atoms with E-state index in [0.717, 1.165) is 5.56 Å². The summed E-state index contributed by atoms with van der Waals surface area (Å²) in [5, 5.41) is 2.77. The van der Waals surface area contributed by atoms with E-state index in [1.54, 1.807) is 32.2 Å². The topological polar surface area (TPSA) is 67.9 Å². The van der Waals surface area contributed by atoms with Gasteiger partial charge in [-0.25, -0.2) is 0 Å². The standard InChI is InChI=1S/C19H20N2O4/c1-12-6-4-5-7-16(12)24-11-18(22)20-14-8-9-17-15(10-14)21(3)19(23)13(2)25-17/h4-10,13H,11H2,1-3H3,(H,20,22)/t13-/m1/s1. The monoisotopic (exact) mass is 340 g/mol. The van der Waals surface area contributed by atoms with Crippen LogP contribution in [-0.4, -0.2) is 31.6 Å². The molecule has 6 nitrogen and oxygen atoms in total. The minimum Gasteiger partial charge on any atom is -0.483 e. The molecule has 1 N–H and O–H groups in total. The summed E-state index contributed by atoms with van der Waals surface area (Å²) >= 11 is 0. The van der Waals surface area contributed by atoms with Crippen molar-refractivity contribution in [3.05, 3.63) is 48.0 Å². The van der Waals surface area contributed by atoms with Crippen molar-refractivity contribution in [1.82, 2.24) is 0 Å². The number of fused-ring (bicyclic) bond motifs is 1. The molecule has 2 amide bonds. The zero-order chi connectivity index (χ0) is 18.0. The van der Waals surface area contributed by atoms with E-state index in [0.29, 0.717) is 22.9 Å². The summed E-state index contributed by atoms with van der Waals surface area (Å²) in [6.07, 6.45) is -0.513. The third-order valence-corrected chi connectivity index (χ3v) is 4.04. The van der Waals surface area contributed by atoms with Gasteiger partial charge in [0.25, 0.3) is 11.8 Å². The Morgan fingerprint density at radius 2 is 2.04 bits per heavy atom. The average Bonchev–Trinajstić information content (AvgIpc) is 2.60. The summed E-state index contributed by atoms with van der Waals surface area (Å²) < 4.78 is 11.1. The fourth-order valence-corrected chi connectivity index (χ4v) is 2.65. The van der Waals surface area contributed by atoms with Gasteiger partial charge in [0.15, 0.2) is 12.7 Å². The van der Waals surface area contributed by atoms with Crippen LogP contribution in [0.2, 0.25) is 0 Å². The first-order valence-corrected chi connectivity index (χ1v) is 8.02. The number of aryl methyl sites for hydroxylation is 1. The molecular weight excluding hydrogens is 320 g/mol. The number of carbonyl (C=O) groups excluding carboxylic acids is 2. The first-order chi connectivity index (χ1) is 12.0. The lowest BCUT2D eigenvalue weighted by Gasteiger charge is -2.30. The summed E-state index contributed by atoms with van der Waals surface area (Å²) in [5.41, 5.74) is 2.17. The molecule has 0 radical (unpaired) electrons. The molecule has 130 valence electrons. The van der Waals surface area contributed by atoms with Crippen LogP contribution in [0.25, 0.3) is 0 Å². The maximum absolute atomic E-state index is 12.1. The third kappa shape index (κ3) is 3.57. The Morgan fingerprint density at radius 1 is 1.28 bits per heavy atom. The van der Waals surface area contributed by atoms with Gasteiger partial charge < -0.3 is 19.7 Å². The van der Waals surface area contributed by atoms with Crippen molar-refractivity contribution in [1.29, 1.82) is 0 Å². The van der Waals surface area contributed by atoms with Gasteiger partial charge in [-0.05, 0) is 43.7 Å². The van der Waals surface area contributed by atoms with E-state index in [-0.39, 0.29) is 18.4 Å². The number of ether oxygens (including phenoxy) is 2. The average molecular weight is 340 g/mol. The highest BCUT2D eigenvalue weighted by atomic mass is 16.5. The Morgan fingerprint density at radius 3 is 2.80 bits per heavy atom. The first kappa shape index (κ1) is 16.8. The van der Waals surface area contributed by atoms with E-state index in [1.807, 2.05) is 31.2 Å². The van der Waals surface area contributed by atoms with Crippen LogP contribution in [0, 0.1) is 6.92 Å². The Bertz CT molecular complexity index is 819. The lowest BCUT2D eigenvalue weighted by Crippen LogP contribution is -2.42. The number of hydrogen-bond donors (Lipinski definition) is 1. The van der Waals surface area contributed by atoms with Crippen molar-refractivity contribution < 1.29 is 19.1 Å². The summed E-state index contributed by atoms with van der Waals surface area (Å²) in [6, 6.07) is 12.7. The van der Waals surface area contributed by atoms with E-state index in [9.17, 15) is 9.59 Å². The van der Waals surface area contributed by atoms with Gasteiger partial charge in [0.05, 0.1) is 5.69 Å². The van der Waals surface area contributed by atoms with E-state index < -0.39 is 6.10 Å². The molecule has 0 bridgehead atoms. The Balaban J connectivity index is 1.66. The number of likely N-dealkylation sites (N-methyl/N-ethyl adjacent to an activating group) is 1. The molecule has 3 rings (SSSR count). The van der Waals surface area contributed by atoms with Crippen molar-refractivity contribution in [2.45, 2.75) is 20.0 Å². The van der Waals surface area contributed by atoms with Crippen molar-refractivity contribution in [2.24, 2.45) is 0 Å². The molecule has 6 heteroatoms. The maximum Gasteiger partial charge on any atom is 0.267 e. The van der Waals surface area contributed by atoms with Crippen LogP contribution in [0.4, 0.5) is 11.4 Å². The molecule has 25 heavy (non-hydrogen) atoms. The first-order valence-electron chi connectivity index (χ1n) is 8.02. The van der Waals surface area contributed by atoms with Gasteiger partial charge in [0.2, 0.25) is 0 Å². The molecule has 0 spiro atoms. The quantitative estimate of drug-likeness (QED) is 0.929. The predicted octanol–water partition coefficient (Wildman–Crippen LogP) is 2.76. The lowest BCUT2D eigenvalue weighted by atomic mass is 10.2. The predicted molar refractivity (Wildman–Crippen MR) is 95.2 cm³/mol. The highest BCUT2D eigenvalue weighted by Crippen LogP contribution is 2.35. The number of hydrogen-bond acceptors (Lipinski definition) is 4. The third-order valence-electron chi connectivity index (χ3n) is 4.04. The second-order valence-corrected chi connectivity index (χ2v) is 5.94. The fraction of sp³-hybridized carbons (Fsp3) is 0.263. The van der Waals surface area contributed by atoms with Gasteiger partial charge in [-0.2, -0.15) is 0 Å². The molecule has 0 aromatic heterocycles. The molecule has 0 saturated carbocycles. The van der Waals surface area contributed by atoms with Crippen molar-refractivity contribution in [3.8, 4) is 11.5 Å². The molecule has 1 aliphatic rings. The van der Waals surface area contributed by atoms with Crippen LogP contribution >= 0.6 is 0 Å². The lowest BCUT2D eigenvalue weighted by molar-refractivity contribution is -0.125. The van der Waals surface area contributed by atoms with Crippen LogP contribution in [0.3, 0.4) is 0 Å². The van der Waals surface area contributed by atoms with Crippen molar-refractivity contribution in [2.75, 3.05) is 23.9 Å². The van der Waals surface area contributed by atoms with Gasteiger partial charge in [-0.3, -0.25) is 9.59 Å². The summed E-state index contributed by atoms with van der Waals surface area (Å²) in [5.74, 6) is 0.890. The fourth-order valence-electron chi connectivity index (χ4n) is 2.65. The molecular formula is C19H20N2O4. The van der Waals surface area contributed by atoms with E-state index in [4.69, 9.17) is 9.47 Å². The largest absolute Gasteiger partial charge is 0.483 e. The molecule has 0 saturated heterocycles. The number of amides is 2. The molecule has 1 heterocycles. The van der Waals surface area contributed by atoms with Crippen LogP contribution in [0.15, 0.2) is 42.5 Å². The highest BCUT2D eigenvalue weighted by Gasteiger charge is 2.29. The number of rotatable bonds is 4. The maximum atomic E-state index is 12.1. The summed E-state index contributed by atoms with van der Waals surface area (Å²) in [6.45, 7) is 3.54. The Hall–Kier alpha value is -3.02. The van der Waals surface area contributed by atoms with Crippen LogP contribution in [0.1, 0.15) is 12.5 Å². The molecule has 1 atom stereocenters. The van der Waals surface area contributed by atoms with Crippen molar-refractivity contribution >= 4 is 23.2 Å². The minimum atomic E-state index is -0.513. The Labute approximate surface area is 146 Å². The van der Waals surface area contributed by atoms with Crippen LogP contribution in [-0.2, 0) is 9.59 Å². The van der Waals surface area contributed by atoms with Crippen LogP contribution in [0.5, 0.6) is 11.5 Å². The molecule has 2 aromatic carbocycles. The van der Waals surface area contributed by atoms with Gasteiger partial charge in [0.1, 0.15) is 11.5 Å². The van der Waals surface area contributed by atoms with E-state index in [2.05, 4.69) is 5.32 Å². The van der Waals surface area contributed by atoms with Crippen molar-refractivity contribution in [3.63, 3.8) is 0 Å². The van der Waals surface area contributed by atoms with Crippen LogP contribution < -0.4 is 19.7 Å². The molecule has 0 unspecified atom stereocenters. The number of benzene rings is 2. The number of anilines is 2. The zero-order valence-electron chi connectivity index (χ0n) is 14.4. The normalized spacial score (nSPS) is 16.0. The molecule has 2 aromatic rings. The van der Waals surface area contributed by atoms with Gasteiger partial charge in [-0.15, -0.1) is 0 Å². The van der Waals surface area contributed by atoms with Gasteiger partial charge in [0, 0.05) is 12.7 Å². The summed E-state index contributed by atoms with van der Waals surface area (Å²) in [7, 11) is 1.69. The van der Waals surface area contributed by atoms with Gasteiger partial charge in [-0.1, -0.05) is 18.2 Å². The molecule has 1 aliphatic heterocycles. The van der Waals surface area contributed by atoms with Gasteiger partial charge >= 0.3 is 0 Å². The minimum absolute atomic E-state index is 0.0930. The van der Waals surface area contributed by atoms with E-state index >= 15 is 0 Å². The molecule has 0 fully saturated rings. The zero-order valence-corrected chi connectivity index (χ0v) is 14.4. The number of nitrogens with one attached hydrogen (secondary N) is 1. The Kier molecular flexibility index (Phi) is 4.61. The smallest absolute Gasteiger partial charge is 0.267 e. The number of nitrogens with zero attached hydrogens (tertiary/aromatic N) is 1.